The second-order valence-electron chi connectivity index (χ2n) is 10.7. The van der Waals surface area contributed by atoms with Crippen LogP contribution < -0.4 is 10.6 Å². The van der Waals surface area contributed by atoms with Crippen LogP contribution in [0.15, 0.2) is 0 Å². The Bertz CT molecular complexity index is 696. The zero-order valence-corrected chi connectivity index (χ0v) is 28.0. The van der Waals surface area contributed by atoms with E-state index in [0.717, 1.165) is 32.1 Å². The van der Waals surface area contributed by atoms with Gasteiger partial charge in [0.15, 0.2) is 0 Å². The first-order valence-electron chi connectivity index (χ1n) is 16.0. The first-order valence-corrected chi connectivity index (χ1v) is 18.0. The van der Waals surface area contributed by atoms with Crippen molar-refractivity contribution in [3.8, 4) is 0 Å². The summed E-state index contributed by atoms with van der Waals surface area (Å²) in [6.07, 6.45) is 12.8. The predicted molar refractivity (Wildman–Crippen MR) is 167 cm³/mol. The van der Waals surface area contributed by atoms with E-state index in [1.165, 1.54) is 38.8 Å². The van der Waals surface area contributed by atoms with Gasteiger partial charge in [-0.05, 0) is 25.7 Å². The normalized spacial score (nSPS) is 13.5. The fourth-order valence-corrected chi connectivity index (χ4v) is 4.57. The van der Waals surface area contributed by atoms with Crippen LogP contribution in [0.4, 0.5) is 0 Å². The van der Waals surface area contributed by atoms with Gasteiger partial charge in [-0.25, -0.2) is 0 Å². The lowest BCUT2D eigenvalue weighted by atomic mass is 10.1. The molecular formula is C30H61N2O10P. The van der Waals surface area contributed by atoms with Crippen LogP contribution in [0, 0.1) is 0 Å². The Kier molecular flexibility index (Phi) is 30.1. The number of nitrogens with one attached hydrogen (secondary N) is 2. The highest BCUT2D eigenvalue weighted by Gasteiger charge is 2.11. The summed E-state index contributed by atoms with van der Waals surface area (Å²) in [5, 5.41) is 5.82. The van der Waals surface area contributed by atoms with E-state index in [2.05, 4.69) is 10.6 Å². The highest BCUT2D eigenvalue weighted by molar-refractivity contribution is 7.51. The molecule has 2 atom stereocenters. The highest BCUT2D eigenvalue weighted by Crippen LogP contribution is 2.36. The Hall–Kier alpha value is -1.11. The molecule has 0 aromatic heterocycles. The maximum Gasteiger partial charge on any atom is 0.325 e. The van der Waals surface area contributed by atoms with Crippen molar-refractivity contribution in [2.75, 3.05) is 86.8 Å². The van der Waals surface area contributed by atoms with Crippen LogP contribution in [0.3, 0.4) is 0 Å². The molecule has 0 fully saturated rings. The molecule has 0 spiro atoms. The molecule has 13 heteroatoms. The Morgan fingerprint density at radius 3 is 1.67 bits per heavy atom. The average Bonchev–Trinajstić information content (AvgIpc) is 2.96. The van der Waals surface area contributed by atoms with Crippen molar-refractivity contribution in [1.82, 2.24) is 10.6 Å². The van der Waals surface area contributed by atoms with Gasteiger partial charge in [0, 0.05) is 53.4 Å². The predicted octanol–water partition coefficient (Wildman–Crippen LogP) is 4.22. The van der Waals surface area contributed by atoms with Gasteiger partial charge in [0.05, 0.1) is 46.2 Å². The third-order valence-corrected chi connectivity index (χ3v) is 7.16. The van der Waals surface area contributed by atoms with Crippen LogP contribution in [-0.4, -0.2) is 110 Å². The molecule has 256 valence electrons. The second-order valence-corrected chi connectivity index (χ2v) is 12.6. The van der Waals surface area contributed by atoms with Crippen molar-refractivity contribution in [3.05, 3.63) is 0 Å². The van der Waals surface area contributed by atoms with Crippen molar-refractivity contribution in [2.45, 2.75) is 96.0 Å². The molecule has 0 aliphatic carbocycles. The fourth-order valence-electron chi connectivity index (χ4n) is 4.11. The van der Waals surface area contributed by atoms with Crippen LogP contribution in [0.1, 0.15) is 89.9 Å². The molecule has 0 heterocycles. The van der Waals surface area contributed by atoms with Crippen molar-refractivity contribution in [3.63, 3.8) is 0 Å². The molecule has 0 aliphatic rings. The lowest BCUT2D eigenvalue weighted by Gasteiger charge is -2.18. The Labute approximate surface area is 260 Å². The minimum absolute atomic E-state index is 0.000754. The van der Waals surface area contributed by atoms with Gasteiger partial charge in [-0.1, -0.05) is 51.4 Å². The molecule has 0 rings (SSSR count). The molecule has 43 heavy (non-hydrogen) atoms. The van der Waals surface area contributed by atoms with Gasteiger partial charge in [0.2, 0.25) is 11.8 Å². The third-order valence-electron chi connectivity index (χ3n) is 6.50. The van der Waals surface area contributed by atoms with Gasteiger partial charge in [-0.15, -0.1) is 0 Å². The molecule has 0 aromatic rings. The molecule has 0 aromatic carbocycles. The lowest BCUT2D eigenvalue weighted by molar-refractivity contribution is -0.122. The molecule has 2 amide bonds. The van der Waals surface area contributed by atoms with Gasteiger partial charge in [-0.3, -0.25) is 14.2 Å². The summed E-state index contributed by atoms with van der Waals surface area (Å²) in [5.74, 6) is -0.0513. The Morgan fingerprint density at radius 1 is 0.628 bits per heavy atom. The maximum absolute atomic E-state index is 12.0. The molecule has 0 radical (unpaired) electrons. The minimum atomic E-state index is -3.33. The van der Waals surface area contributed by atoms with E-state index in [-0.39, 0.29) is 17.9 Å². The van der Waals surface area contributed by atoms with Gasteiger partial charge >= 0.3 is 7.60 Å². The number of unbranched alkanes of at least 4 members (excludes halogenated alkanes) is 9. The molecule has 0 saturated heterocycles. The number of carbonyl (C=O) groups is 2. The SMILES string of the molecule is COCCOCC(COCCCNC(=O)CCCC(=O)NCCCCCCCCCCCCOP(C)(=O)O)OCCOC. The van der Waals surface area contributed by atoms with E-state index in [1.54, 1.807) is 14.2 Å². The summed E-state index contributed by atoms with van der Waals surface area (Å²) < 4.78 is 42.8. The molecule has 0 bridgehead atoms. The largest absolute Gasteiger partial charge is 0.382 e. The number of ether oxygens (including phenoxy) is 5. The maximum atomic E-state index is 12.0. The number of hydrogen-bond donors (Lipinski definition) is 3. The second kappa shape index (κ2) is 30.9. The minimum Gasteiger partial charge on any atom is -0.382 e. The highest BCUT2D eigenvalue weighted by atomic mass is 31.2. The Balaban J connectivity index is 3.55. The summed E-state index contributed by atoms with van der Waals surface area (Å²) in [7, 11) is -0.0773. The topological polar surface area (TPSA) is 151 Å². The molecule has 0 aliphatic heterocycles. The monoisotopic (exact) mass is 640 g/mol. The lowest BCUT2D eigenvalue weighted by Crippen LogP contribution is -2.29. The zero-order valence-electron chi connectivity index (χ0n) is 27.1. The quantitative estimate of drug-likeness (QED) is 0.0703. The van der Waals surface area contributed by atoms with Crippen LogP contribution in [0.2, 0.25) is 0 Å². The first-order chi connectivity index (χ1) is 20.8. The fraction of sp³-hybridized carbons (Fsp3) is 0.933. The zero-order chi connectivity index (χ0) is 31.9. The van der Waals surface area contributed by atoms with Crippen LogP contribution in [0.25, 0.3) is 0 Å². The van der Waals surface area contributed by atoms with Crippen molar-refractivity contribution in [2.24, 2.45) is 0 Å². The van der Waals surface area contributed by atoms with Crippen LogP contribution in [-0.2, 0) is 42.4 Å². The van der Waals surface area contributed by atoms with E-state index in [4.69, 9.17) is 33.1 Å². The van der Waals surface area contributed by atoms with Crippen LogP contribution >= 0.6 is 7.60 Å². The summed E-state index contributed by atoms with van der Waals surface area (Å²) in [5.41, 5.74) is 0. The number of rotatable bonds is 33. The third kappa shape index (κ3) is 33.6. The van der Waals surface area contributed by atoms with Gasteiger partial charge < -0.3 is 43.7 Å². The summed E-state index contributed by atoms with van der Waals surface area (Å²) in [4.78, 5) is 33.1. The van der Waals surface area contributed by atoms with E-state index >= 15 is 0 Å². The number of amides is 2. The van der Waals surface area contributed by atoms with Crippen LogP contribution in [0.5, 0.6) is 0 Å². The number of carbonyl (C=O) groups excluding carboxylic acids is 2. The van der Waals surface area contributed by atoms with Crippen molar-refractivity contribution >= 4 is 19.4 Å². The first kappa shape index (κ1) is 41.9. The molecule has 2 unspecified atom stereocenters. The van der Waals surface area contributed by atoms with E-state index in [9.17, 15) is 14.2 Å². The summed E-state index contributed by atoms with van der Waals surface area (Å²) in [6, 6.07) is 0. The smallest absolute Gasteiger partial charge is 0.325 e. The average molecular weight is 641 g/mol. The summed E-state index contributed by atoms with van der Waals surface area (Å²) in [6.45, 7) is 6.08. The molecular weight excluding hydrogens is 579 g/mol. The van der Waals surface area contributed by atoms with Crippen molar-refractivity contribution < 1.29 is 47.3 Å². The summed E-state index contributed by atoms with van der Waals surface area (Å²) >= 11 is 0. The van der Waals surface area contributed by atoms with Gasteiger partial charge in [0.25, 0.3) is 0 Å². The van der Waals surface area contributed by atoms with E-state index < -0.39 is 7.60 Å². The van der Waals surface area contributed by atoms with Crippen molar-refractivity contribution in [1.29, 1.82) is 0 Å². The molecule has 12 nitrogen and oxygen atoms in total. The number of hydrogen-bond acceptors (Lipinski definition) is 9. The van der Waals surface area contributed by atoms with E-state index in [1.807, 2.05) is 0 Å². The molecule has 3 N–H and O–H groups in total. The Morgan fingerprint density at radius 2 is 1.12 bits per heavy atom. The number of methoxy groups -OCH3 is 2. The van der Waals surface area contributed by atoms with Gasteiger partial charge in [0.1, 0.15) is 6.10 Å². The van der Waals surface area contributed by atoms with Gasteiger partial charge in [-0.2, -0.15) is 0 Å². The van der Waals surface area contributed by atoms with E-state index in [0.29, 0.717) is 91.6 Å². The standard InChI is InChI=1S/C30H61N2O10P/c1-37-22-24-40-27-28(41-25-23-38-2)26-39-20-15-19-32-30(34)17-14-16-29(33)31-18-12-10-8-6-4-5-7-9-11-13-21-42-43(3,35)36/h28H,4-27H2,1-3H3,(H,31,33)(H,32,34)(H,35,36). The molecule has 0 saturated carbocycles.